The highest BCUT2D eigenvalue weighted by molar-refractivity contribution is 7.13. The van der Waals surface area contributed by atoms with Crippen molar-refractivity contribution < 1.29 is 14.6 Å². The number of carboxylic acids is 1. The van der Waals surface area contributed by atoms with E-state index in [1.807, 2.05) is 12.3 Å². The Morgan fingerprint density at radius 2 is 2.44 bits per heavy atom. The molecule has 0 saturated heterocycles. The van der Waals surface area contributed by atoms with E-state index in [0.29, 0.717) is 13.2 Å². The van der Waals surface area contributed by atoms with Crippen molar-refractivity contribution in [2.75, 3.05) is 31.7 Å². The van der Waals surface area contributed by atoms with Gasteiger partial charge in [-0.05, 0) is 6.42 Å². The van der Waals surface area contributed by atoms with E-state index < -0.39 is 5.97 Å². The Hall–Kier alpha value is -1.14. The van der Waals surface area contributed by atoms with E-state index in [-0.39, 0.29) is 6.54 Å². The highest BCUT2D eigenvalue weighted by atomic mass is 32.1. The van der Waals surface area contributed by atoms with Crippen LogP contribution in [0.4, 0.5) is 5.13 Å². The molecule has 0 aromatic carbocycles. The molecule has 0 spiro atoms. The molecule has 0 aliphatic carbocycles. The monoisotopic (exact) mass is 244 g/mol. The zero-order chi connectivity index (χ0) is 12.0. The summed E-state index contributed by atoms with van der Waals surface area (Å²) in [7, 11) is 1.60. The summed E-state index contributed by atoms with van der Waals surface area (Å²) in [5, 5.41) is 11.5. The van der Waals surface area contributed by atoms with Gasteiger partial charge in [-0.15, -0.1) is 11.3 Å². The minimum atomic E-state index is -0.857. The predicted octanol–water partition coefficient (Wildman–Crippen LogP) is 1.24. The molecule has 0 fully saturated rings. The smallest absolute Gasteiger partial charge is 0.323 e. The Balaban J connectivity index is 2.69. The van der Waals surface area contributed by atoms with Gasteiger partial charge in [0.25, 0.3) is 0 Å². The van der Waals surface area contributed by atoms with Crippen LogP contribution in [0.2, 0.25) is 0 Å². The van der Waals surface area contributed by atoms with Crippen molar-refractivity contribution in [3.05, 3.63) is 11.1 Å². The van der Waals surface area contributed by atoms with E-state index in [0.717, 1.165) is 17.2 Å². The van der Waals surface area contributed by atoms with Gasteiger partial charge in [0.05, 0.1) is 12.3 Å². The van der Waals surface area contributed by atoms with Gasteiger partial charge < -0.3 is 14.7 Å². The second-order valence-corrected chi connectivity index (χ2v) is 4.12. The first-order valence-electron chi connectivity index (χ1n) is 5.07. The van der Waals surface area contributed by atoms with Crippen LogP contribution in [-0.4, -0.2) is 42.9 Å². The summed E-state index contributed by atoms with van der Waals surface area (Å²) in [4.78, 5) is 16.8. The lowest BCUT2D eigenvalue weighted by Crippen LogP contribution is -2.32. The number of aromatic nitrogens is 1. The molecule has 0 aliphatic heterocycles. The van der Waals surface area contributed by atoms with Crippen molar-refractivity contribution in [3.8, 4) is 0 Å². The fourth-order valence-electron chi connectivity index (χ4n) is 1.21. The van der Waals surface area contributed by atoms with Crippen LogP contribution in [0.5, 0.6) is 0 Å². The summed E-state index contributed by atoms with van der Waals surface area (Å²) in [6.45, 7) is 3.02. The molecule has 1 rings (SSSR count). The number of nitrogens with zero attached hydrogens (tertiary/aromatic N) is 2. The lowest BCUT2D eigenvalue weighted by Gasteiger charge is -2.18. The molecule has 90 valence electrons. The zero-order valence-corrected chi connectivity index (χ0v) is 10.3. The number of carbonyl (C=O) groups is 1. The van der Waals surface area contributed by atoms with Crippen LogP contribution in [0.3, 0.4) is 0 Å². The van der Waals surface area contributed by atoms with Gasteiger partial charge in [0.15, 0.2) is 5.13 Å². The second-order valence-electron chi connectivity index (χ2n) is 3.28. The van der Waals surface area contributed by atoms with E-state index >= 15 is 0 Å². The van der Waals surface area contributed by atoms with Crippen molar-refractivity contribution in [2.24, 2.45) is 0 Å². The normalized spacial score (nSPS) is 10.4. The fraction of sp³-hybridized carbons (Fsp3) is 0.600. The van der Waals surface area contributed by atoms with Gasteiger partial charge in [-0.1, -0.05) is 6.92 Å². The Morgan fingerprint density at radius 3 is 2.94 bits per heavy atom. The predicted molar refractivity (Wildman–Crippen MR) is 63.2 cm³/mol. The second kappa shape index (κ2) is 6.44. The number of aliphatic carboxylic acids is 1. The highest BCUT2D eigenvalue weighted by Gasteiger charge is 2.13. The van der Waals surface area contributed by atoms with Crippen LogP contribution in [0.15, 0.2) is 5.38 Å². The number of rotatable bonds is 7. The third kappa shape index (κ3) is 3.79. The fourth-order valence-corrected chi connectivity index (χ4v) is 2.15. The number of anilines is 1. The number of hydrogen-bond donors (Lipinski definition) is 1. The van der Waals surface area contributed by atoms with Crippen molar-refractivity contribution >= 4 is 22.4 Å². The van der Waals surface area contributed by atoms with Crippen LogP contribution >= 0.6 is 11.3 Å². The van der Waals surface area contributed by atoms with Gasteiger partial charge in [-0.3, -0.25) is 4.79 Å². The maximum Gasteiger partial charge on any atom is 0.323 e. The summed E-state index contributed by atoms with van der Waals surface area (Å²) in [5.74, 6) is -0.857. The Bertz CT molecular complexity index is 341. The molecule has 0 bridgehead atoms. The molecule has 0 atom stereocenters. The maximum absolute atomic E-state index is 10.7. The van der Waals surface area contributed by atoms with Crippen molar-refractivity contribution in [1.82, 2.24) is 4.98 Å². The summed E-state index contributed by atoms with van der Waals surface area (Å²) < 4.78 is 4.95. The molecule has 0 radical (unpaired) electrons. The standard InChI is InChI=1S/C10H16N2O3S/c1-3-8-7-16-10(11-8)12(4-5-15-2)6-9(13)14/h7H,3-6H2,1-2H3,(H,13,14). The Kier molecular flexibility index (Phi) is 5.21. The van der Waals surface area contributed by atoms with Crippen molar-refractivity contribution in [3.63, 3.8) is 0 Å². The Morgan fingerprint density at radius 1 is 1.69 bits per heavy atom. The van der Waals surface area contributed by atoms with E-state index in [9.17, 15) is 4.79 Å². The van der Waals surface area contributed by atoms with Crippen molar-refractivity contribution in [1.29, 1.82) is 0 Å². The molecular weight excluding hydrogens is 228 g/mol. The van der Waals surface area contributed by atoms with Crippen LogP contribution < -0.4 is 4.90 Å². The zero-order valence-electron chi connectivity index (χ0n) is 9.47. The SMILES string of the molecule is CCc1csc(N(CCOC)CC(=O)O)n1. The highest BCUT2D eigenvalue weighted by Crippen LogP contribution is 2.20. The molecule has 5 nitrogen and oxygen atoms in total. The average molecular weight is 244 g/mol. The van der Waals surface area contributed by atoms with Crippen LogP contribution in [0, 0.1) is 0 Å². The molecule has 1 heterocycles. The first-order valence-corrected chi connectivity index (χ1v) is 5.95. The molecule has 1 aromatic rings. The summed E-state index contributed by atoms with van der Waals surface area (Å²) in [6, 6.07) is 0. The molecule has 1 N–H and O–H groups in total. The summed E-state index contributed by atoms with van der Waals surface area (Å²) in [6.07, 6.45) is 0.863. The molecule has 6 heteroatoms. The Labute approximate surface area is 98.7 Å². The first kappa shape index (κ1) is 12.9. The van der Waals surface area contributed by atoms with E-state index in [4.69, 9.17) is 9.84 Å². The lowest BCUT2D eigenvalue weighted by molar-refractivity contribution is -0.135. The third-order valence-electron chi connectivity index (χ3n) is 2.06. The minimum Gasteiger partial charge on any atom is -0.480 e. The maximum atomic E-state index is 10.7. The number of ether oxygens (including phenoxy) is 1. The van der Waals surface area contributed by atoms with Crippen LogP contribution in [0.25, 0.3) is 0 Å². The van der Waals surface area contributed by atoms with Gasteiger partial charge in [-0.25, -0.2) is 4.98 Å². The van der Waals surface area contributed by atoms with Crippen LogP contribution in [-0.2, 0) is 16.0 Å². The third-order valence-corrected chi connectivity index (χ3v) is 3.01. The molecule has 1 aromatic heterocycles. The van der Waals surface area contributed by atoms with Gasteiger partial charge in [0, 0.05) is 19.0 Å². The van der Waals surface area contributed by atoms with Gasteiger partial charge >= 0.3 is 5.97 Å². The summed E-state index contributed by atoms with van der Waals surface area (Å²) in [5.41, 5.74) is 0.993. The van der Waals surface area contributed by atoms with Crippen LogP contribution in [0.1, 0.15) is 12.6 Å². The van der Waals surface area contributed by atoms with Gasteiger partial charge in [0.1, 0.15) is 6.54 Å². The number of carboxylic acid groups (broad SMARTS) is 1. The molecule has 0 unspecified atom stereocenters. The molecule has 0 saturated carbocycles. The first-order chi connectivity index (χ1) is 7.67. The quantitative estimate of drug-likeness (QED) is 0.782. The largest absolute Gasteiger partial charge is 0.480 e. The van der Waals surface area contributed by atoms with Gasteiger partial charge in [0.2, 0.25) is 0 Å². The topological polar surface area (TPSA) is 62.7 Å². The lowest BCUT2D eigenvalue weighted by atomic mass is 10.4. The molecular formula is C10H16N2O3S. The number of methoxy groups -OCH3 is 1. The summed E-state index contributed by atoms with van der Waals surface area (Å²) >= 11 is 1.47. The van der Waals surface area contributed by atoms with E-state index in [1.54, 1.807) is 12.0 Å². The van der Waals surface area contributed by atoms with E-state index in [2.05, 4.69) is 4.98 Å². The minimum absolute atomic E-state index is 0.0416. The van der Waals surface area contributed by atoms with Gasteiger partial charge in [-0.2, -0.15) is 0 Å². The number of aryl methyl sites for hydroxylation is 1. The number of thiazole rings is 1. The molecule has 16 heavy (non-hydrogen) atoms. The molecule has 0 aliphatic rings. The van der Waals surface area contributed by atoms with E-state index in [1.165, 1.54) is 11.3 Å². The number of hydrogen-bond acceptors (Lipinski definition) is 5. The molecule has 0 amide bonds. The average Bonchev–Trinajstić information content (AvgIpc) is 2.72. The van der Waals surface area contributed by atoms with Crippen molar-refractivity contribution in [2.45, 2.75) is 13.3 Å².